The first-order valence-electron chi connectivity index (χ1n) is 10.5. The molecule has 1 N–H and O–H groups in total. The van der Waals surface area contributed by atoms with Crippen molar-refractivity contribution in [3.63, 3.8) is 0 Å². The number of nitrogens with one attached hydrogen (secondary N) is 1. The molecule has 5 nitrogen and oxygen atoms in total. The molecule has 0 spiro atoms. The van der Waals surface area contributed by atoms with Gasteiger partial charge in [0.2, 0.25) is 5.95 Å². The van der Waals surface area contributed by atoms with Crippen molar-refractivity contribution in [2.75, 3.05) is 42.9 Å². The Morgan fingerprint density at radius 2 is 1.48 bits per heavy atom. The number of piperazine rings is 1. The molecule has 3 aromatic rings. The molecule has 150 valence electrons. The van der Waals surface area contributed by atoms with Crippen LogP contribution in [0.1, 0.15) is 30.5 Å². The Morgan fingerprint density at radius 1 is 0.862 bits per heavy atom. The lowest BCUT2D eigenvalue weighted by Crippen LogP contribution is -2.47. The van der Waals surface area contributed by atoms with Gasteiger partial charge in [-0.3, -0.25) is 4.90 Å². The molecule has 1 aromatic heterocycles. The molecule has 0 aliphatic carbocycles. The number of hydrogen-bond donors (Lipinski definition) is 1. The van der Waals surface area contributed by atoms with Crippen LogP contribution in [0.5, 0.6) is 0 Å². The third kappa shape index (κ3) is 4.93. The van der Waals surface area contributed by atoms with E-state index >= 15 is 0 Å². The van der Waals surface area contributed by atoms with E-state index in [4.69, 9.17) is 4.98 Å². The molecule has 1 aliphatic rings. The molecule has 0 atom stereocenters. The standard InChI is InChI=1S/C24H29N5/c1-2-15-28-16-18-29(19-17-28)24-25-14-13-22(27-24)26-23(20-9-5-3-6-10-20)21-11-7-4-8-12-21/h3-14,23H,2,15-19H2,1H3,(H,25,26,27). The second-order valence-electron chi connectivity index (χ2n) is 7.47. The molecule has 4 rings (SSSR count). The number of rotatable bonds is 7. The average molecular weight is 388 g/mol. The maximum absolute atomic E-state index is 4.84. The molecule has 2 aromatic carbocycles. The van der Waals surface area contributed by atoms with Crippen molar-refractivity contribution < 1.29 is 0 Å². The fourth-order valence-electron chi connectivity index (χ4n) is 3.87. The summed E-state index contributed by atoms with van der Waals surface area (Å²) in [5, 5.41) is 3.63. The van der Waals surface area contributed by atoms with Crippen molar-refractivity contribution in [1.29, 1.82) is 0 Å². The zero-order valence-corrected chi connectivity index (χ0v) is 17.0. The van der Waals surface area contributed by atoms with Crippen LogP contribution >= 0.6 is 0 Å². The molecular formula is C24H29N5. The van der Waals surface area contributed by atoms with E-state index in [1.807, 2.05) is 24.4 Å². The van der Waals surface area contributed by atoms with Gasteiger partial charge in [-0.2, -0.15) is 4.98 Å². The minimum atomic E-state index is 0.0431. The fraction of sp³-hybridized carbons (Fsp3) is 0.333. The van der Waals surface area contributed by atoms with E-state index in [-0.39, 0.29) is 6.04 Å². The summed E-state index contributed by atoms with van der Waals surface area (Å²) in [5.74, 6) is 1.66. The first-order valence-corrected chi connectivity index (χ1v) is 10.5. The van der Waals surface area contributed by atoms with Gasteiger partial charge in [-0.15, -0.1) is 0 Å². The van der Waals surface area contributed by atoms with Crippen LogP contribution in [0.25, 0.3) is 0 Å². The van der Waals surface area contributed by atoms with Crippen molar-refractivity contribution in [3.8, 4) is 0 Å². The van der Waals surface area contributed by atoms with Crippen molar-refractivity contribution in [2.45, 2.75) is 19.4 Å². The minimum Gasteiger partial charge on any atom is -0.359 e. The normalized spacial score (nSPS) is 14.9. The summed E-state index contributed by atoms with van der Waals surface area (Å²) in [6.07, 6.45) is 3.06. The van der Waals surface area contributed by atoms with Crippen LogP contribution in [0.4, 0.5) is 11.8 Å². The van der Waals surface area contributed by atoms with E-state index < -0.39 is 0 Å². The van der Waals surface area contributed by atoms with Crippen LogP contribution < -0.4 is 10.2 Å². The second kappa shape index (κ2) is 9.52. The molecule has 0 amide bonds. The quantitative estimate of drug-likeness (QED) is 0.658. The predicted molar refractivity (Wildman–Crippen MR) is 119 cm³/mol. The van der Waals surface area contributed by atoms with Gasteiger partial charge in [-0.25, -0.2) is 4.98 Å². The highest BCUT2D eigenvalue weighted by Gasteiger charge is 2.19. The molecule has 0 bridgehead atoms. The molecule has 1 saturated heterocycles. The summed E-state index contributed by atoms with van der Waals surface area (Å²) in [6.45, 7) is 7.51. The van der Waals surface area contributed by atoms with Gasteiger partial charge in [-0.1, -0.05) is 67.6 Å². The Labute approximate surface area is 173 Å². The highest BCUT2D eigenvalue weighted by atomic mass is 15.3. The third-order valence-electron chi connectivity index (χ3n) is 5.40. The zero-order valence-electron chi connectivity index (χ0n) is 17.0. The van der Waals surface area contributed by atoms with Crippen molar-refractivity contribution >= 4 is 11.8 Å². The van der Waals surface area contributed by atoms with Gasteiger partial charge in [0.1, 0.15) is 5.82 Å². The van der Waals surface area contributed by atoms with Crippen LogP contribution in [0.3, 0.4) is 0 Å². The minimum absolute atomic E-state index is 0.0431. The van der Waals surface area contributed by atoms with Gasteiger partial charge in [0, 0.05) is 32.4 Å². The van der Waals surface area contributed by atoms with Crippen LogP contribution in [-0.4, -0.2) is 47.6 Å². The highest BCUT2D eigenvalue weighted by molar-refractivity contribution is 5.47. The lowest BCUT2D eigenvalue weighted by atomic mass is 9.99. The Kier molecular flexibility index (Phi) is 6.37. The molecular weight excluding hydrogens is 358 g/mol. The maximum atomic E-state index is 4.84. The number of nitrogens with zero attached hydrogens (tertiary/aromatic N) is 4. The fourth-order valence-corrected chi connectivity index (χ4v) is 3.87. The van der Waals surface area contributed by atoms with Crippen molar-refractivity contribution in [3.05, 3.63) is 84.1 Å². The van der Waals surface area contributed by atoms with E-state index in [0.29, 0.717) is 0 Å². The van der Waals surface area contributed by atoms with E-state index in [1.165, 1.54) is 24.1 Å². The number of anilines is 2. The predicted octanol–water partition coefficient (Wildman–Crippen LogP) is 4.21. The zero-order chi connectivity index (χ0) is 19.9. The smallest absolute Gasteiger partial charge is 0.227 e. The number of hydrogen-bond acceptors (Lipinski definition) is 5. The molecule has 2 heterocycles. The molecule has 0 radical (unpaired) electrons. The van der Waals surface area contributed by atoms with Crippen LogP contribution in [0, 0.1) is 0 Å². The Morgan fingerprint density at radius 3 is 2.07 bits per heavy atom. The third-order valence-corrected chi connectivity index (χ3v) is 5.40. The number of aromatic nitrogens is 2. The van der Waals surface area contributed by atoms with Crippen LogP contribution in [0.2, 0.25) is 0 Å². The van der Waals surface area contributed by atoms with Crippen molar-refractivity contribution in [1.82, 2.24) is 14.9 Å². The molecule has 1 aliphatic heterocycles. The monoisotopic (exact) mass is 387 g/mol. The first-order chi connectivity index (χ1) is 14.3. The van der Waals surface area contributed by atoms with Gasteiger partial charge < -0.3 is 10.2 Å². The Hall–Kier alpha value is -2.92. The number of benzene rings is 2. The second-order valence-corrected chi connectivity index (χ2v) is 7.47. The molecule has 5 heteroatoms. The largest absolute Gasteiger partial charge is 0.359 e. The average Bonchev–Trinajstić information content (AvgIpc) is 2.80. The van der Waals surface area contributed by atoms with Crippen LogP contribution in [-0.2, 0) is 0 Å². The summed E-state index contributed by atoms with van der Waals surface area (Å²) < 4.78 is 0. The molecule has 0 saturated carbocycles. The summed E-state index contributed by atoms with van der Waals surface area (Å²) in [7, 11) is 0. The molecule has 0 unspecified atom stereocenters. The van der Waals surface area contributed by atoms with E-state index in [0.717, 1.165) is 37.9 Å². The van der Waals surface area contributed by atoms with E-state index in [9.17, 15) is 0 Å². The van der Waals surface area contributed by atoms with Gasteiger partial charge >= 0.3 is 0 Å². The summed E-state index contributed by atoms with van der Waals surface area (Å²) in [6, 6.07) is 23.0. The highest BCUT2D eigenvalue weighted by Crippen LogP contribution is 2.26. The van der Waals surface area contributed by atoms with Gasteiger partial charge in [0.05, 0.1) is 6.04 Å². The summed E-state index contributed by atoms with van der Waals surface area (Å²) in [5.41, 5.74) is 2.43. The van der Waals surface area contributed by atoms with E-state index in [2.05, 4.69) is 75.6 Å². The van der Waals surface area contributed by atoms with Crippen LogP contribution in [0.15, 0.2) is 72.9 Å². The van der Waals surface area contributed by atoms with Gasteiger partial charge in [-0.05, 0) is 30.2 Å². The SMILES string of the molecule is CCCN1CCN(c2nccc(NC(c3ccccc3)c3ccccc3)n2)CC1. The maximum Gasteiger partial charge on any atom is 0.227 e. The molecule has 29 heavy (non-hydrogen) atoms. The Balaban J connectivity index is 1.53. The Bertz CT molecular complexity index is 837. The molecule has 1 fully saturated rings. The van der Waals surface area contributed by atoms with Gasteiger partial charge in [0.25, 0.3) is 0 Å². The van der Waals surface area contributed by atoms with Gasteiger partial charge in [0.15, 0.2) is 0 Å². The van der Waals surface area contributed by atoms with E-state index in [1.54, 1.807) is 0 Å². The lowest BCUT2D eigenvalue weighted by Gasteiger charge is -2.34. The summed E-state index contributed by atoms with van der Waals surface area (Å²) in [4.78, 5) is 14.2. The summed E-state index contributed by atoms with van der Waals surface area (Å²) >= 11 is 0. The van der Waals surface area contributed by atoms with Crippen molar-refractivity contribution in [2.24, 2.45) is 0 Å². The first kappa shape index (κ1) is 19.4. The topological polar surface area (TPSA) is 44.3 Å². The lowest BCUT2D eigenvalue weighted by molar-refractivity contribution is 0.257.